The number of aromatic amines is 1. The molecule has 1 saturated carbocycles. The molecule has 0 spiro atoms. The third kappa shape index (κ3) is 2.36. The second kappa shape index (κ2) is 4.02. The molecule has 2 rings (SSSR count). The number of rotatable bonds is 3. The molecule has 82 valence electrons. The van der Waals surface area contributed by atoms with Crippen molar-refractivity contribution in [1.82, 2.24) is 15.5 Å². The van der Waals surface area contributed by atoms with E-state index in [4.69, 9.17) is 0 Å². The average molecular weight is 209 g/mol. The minimum atomic E-state index is -0.695. The zero-order chi connectivity index (χ0) is 10.7. The molecule has 0 atom stereocenters. The van der Waals surface area contributed by atoms with Gasteiger partial charge in [-0.05, 0) is 12.8 Å². The summed E-state index contributed by atoms with van der Waals surface area (Å²) in [7, 11) is 0. The molecular weight excluding hydrogens is 194 g/mol. The number of hydrogen-bond donors (Lipinski definition) is 3. The Labute approximate surface area is 87.9 Å². The van der Waals surface area contributed by atoms with Crippen molar-refractivity contribution < 1.29 is 9.90 Å². The molecule has 0 aromatic carbocycles. The molecule has 0 radical (unpaired) electrons. The molecule has 0 bridgehead atoms. The zero-order valence-electron chi connectivity index (χ0n) is 8.49. The van der Waals surface area contributed by atoms with Gasteiger partial charge in [0, 0.05) is 12.7 Å². The molecule has 3 N–H and O–H groups in total. The molecule has 1 heterocycles. The van der Waals surface area contributed by atoms with Crippen LogP contribution in [-0.4, -0.2) is 33.4 Å². The van der Waals surface area contributed by atoms with Crippen LogP contribution in [-0.2, 0) is 0 Å². The van der Waals surface area contributed by atoms with Crippen LogP contribution in [0.25, 0.3) is 0 Å². The van der Waals surface area contributed by atoms with Crippen LogP contribution in [0.5, 0.6) is 0 Å². The molecule has 1 aliphatic rings. The smallest absolute Gasteiger partial charge is 0.254 e. The van der Waals surface area contributed by atoms with E-state index in [1.54, 1.807) is 0 Å². The van der Waals surface area contributed by atoms with Crippen LogP contribution in [0.3, 0.4) is 0 Å². The van der Waals surface area contributed by atoms with E-state index in [0.29, 0.717) is 12.1 Å². The summed E-state index contributed by atoms with van der Waals surface area (Å²) in [6.45, 7) is 0.330. The third-order valence-corrected chi connectivity index (χ3v) is 2.87. The molecule has 1 fully saturated rings. The van der Waals surface area contributed by atoms with E-state index in [1.807, 2.05) is 0 Å². The summed E-state index contributed by atoms with van der Waals surface area (Å²) in [5, 5.41) is 19.0. The van der Waals surface area contributed by atoms with E-state index < -0.39 is 5.60 Å². The van der Waals surface area contributed by atoms with Gasteiger partial charge in [-0.1, -0.05) is 12.8 Å². The van der Waals surface area contributed by atoms with Crippen LogP contribution in [0, 0.1) is 0 Å². The molecule has 1 aliphatic carbocycles. The summed E-state index contributed by atoms with van der Waals surface area (Å²) in [4.78, 5) is 11.5. The highest BCUT2D eigenvalue weighted by Gasteiger charge is 2.31. The van der Waals surface area contributed by atoms with Crippen molar-refractivity contribution in [2.24, 2.45) is 0 Å². The maximum absolute atomic E-state index is 11.5. The van der Waals surface area contributed by atoms with Crippen molar-refractivity contribution in [2.45, 2.75) is 31.3 Å². The van der Waals surface area contributed by atoms with Gasteiger partial charge in [0.25, 0.3) is 5.91 Å². The summed E-state index contributed by atoms with van der Waals surface area (Å²) >= 11 is 0. The Morgan fingerprint density at radius 3 is 2.93 bits per heavy atom. The maximum atomic E-state index is 11.5. The molecule has 1 aromatic heterocycles. The van der Waals surface area contributed by atoms with E-state index in [-0.39, 0.29) is 5.91 Å². The van der Waals surface area contributed by atoms with Crippen LogP contribution in [0.1, 0.15) is 36.0 Å². The van der Waals surface area contributed by atoms with Gasteiger partial charge in [-0.15, -0.1) is 0 Å². The maximum Gasteiger partial charge on any atom is 0.254 e. The van der Waals surface area contributed by atoms with Gasteiger partial charge < -0.3 is 10.4 Å². The molecule has 1 aromatic rings. The average Bonchev–Trinajstić information content (AvgIpc) is 2.85. The van der Waals surface area contributed by atoms with Crippen molar-refractivity contribution in [3.05, 3.63) is 18.0 Å². The van der Waals surface area contributed by atoms with Crippen LogP contribution in [0.15, 0.2) is 12.4 Å². The highest BCUT2D eigenvalue weighted by Crippen LogP contribution is 2.28. The summed E-state index contributed by atoms with van der Waals surface area (Å²) in [5.41, 5.74) is -0.198. The fourth-order valence-corrected chi connectivity index (χ4v) is 1.93. The van der Waals surface area contributed by atoms with Gasteiger partial charge in [0.15, 0.2) is 0 Å². The number of aliphatic hydroxyl groups is 1. The van der Waals surface area contributed by atoms with Crippen LogP contribution < -0.4 is 5.32 Å². The van der Waals surface area contributed by atoms with E-state index in [0.717, 1.165) is 25.7 Å². The Hall–Kier alpha value is -1.36. The molecule has 0 aliphatic heterocycles. The van der Waals surface area contributed by atoms with Gasteiger partial charge in [-0.3, -0.25) is 9.89 Å². The summed E-state index contributed by atoms with van der Waals surface area (Å²) < 4.78 is 0. The summed E-state index contributed by atoms with van der Waals surface area (Å²) in [5.74, 6) is -0.191. The van der Waals surface area contributed by atoms with E-state index >= 15 is 0 Å². The lowest BCUT2D eigenvalue weighted by Gasteiger charge is -2.21. The molecular formula is C10H15N3O2. The van der Waals surface area contributed by atoms with E-state index in [1.165, 1.54) is 12.4 Å². The first-order valence-electron chi connectivity index (χ1n) is 5.19. The fourth-order valence-electron chi connectivity index (χ4n) is 1.93. The Kier molecular flexibility index (Phi) is 2.73. The topological polar surface area (TPSA) is 78.0 Å². The quantitative estimate of drug-likeness (QED) is 0.676. The van der Waals surface area contributed by atoms with Gasteiger partial charge in [-0.25, -0.2) is 0 Å². The van der Waals surface area contributed by atoms with Crippen molar-refractivity contribution in [3.63, 3.8) is 0 Å². The Balaban J connectivity index is 1.85. The minimum Gasteiger partial charge on any atom is -0.388 e. The van der Waals surface area contributed by atoms with Crippen molar-refractivity contribution in [3.8, 4) is 0 Å². The molecule has 1 amide bonds. The van der Waals surface area contributed by atoms with Gasteiger partial charge in [0.2, 0.25) is 0 Å². The number of H-pyrrole nitrogens is 1. The number of carbonyl (C=O) groups is 1. The number of nitrogens with one attached hydrogen (secondary N) is 2. The number of amides is 1. The fraction of sp³-hybridized carbons (Fsp3) is 0.600. The Morgan fingerprint density at radius 2 is 2.33 bits per heavy atom. The number of hydrogen-bond acceptors (Lipinski definition) is 3. The highest BCUT2D eigenvalue weighted by molar-refractivity contribution is 5.93. The van der Waals surface area contributed by atoms with E-state index in [2.05, 4.69) is 15.5 Å². The zero-order valence-corrected chi connectivity index (χ0v) is 8.49. The highest BCUT2D eigenvalue weighted by atomic mass is 16.3. The van der Waals surface area contributed by atoms with Crippen LogP contribution in [0.2, 0.25) is 0 Å². The lowest BCUT2D eigenvalue weighted by Crippen LogP contribution is -2.40. The van der Waals surface area contributed by atoms with Crippen LogP contribution >= 0.6 is 0 Å². The lowest BCUT2D eigenvalue weighted by molar-refractivity contribution is 0.0449. The largest absolute Gasteiger partial charge is 0.388 e. The SMILES string of the molecule is O=C(NCC1(O)CCCC1)c1cn[nH]c1. The molecule has 0 saturated heterocycles. The molecule has 5 heteroatoms. The first kappa shape index (κ1) is 10.2. The second-order valence-corrected chi connectivity index (χ2v) is 4.10. The first-order chi connectivity index (χ1) is 7.20. The van der Waals surface area contributed by atoms with E-state index in [9.17, 15) is 9.90 Å². The normalized spacial score (nSPS) is 19.0. The number of aromatic nitrogens is 2. The first-order valence-corrected chi connectivity index (χ1v) is 5.19. The Morgan fingerprint density at radius 1 is 1.60 bits per heavy atom. The predicted molar refractivity (Wildman–Crippen MR) is 54.3 cm³/mol. The monoisotopic (exact) mass is 209 g/mol. The van der Waals surface area contributed by atoms with Gasteiger partial charge in [-0.2, -0.15) is 5.10 Å². The molecule has 15 heavy (non-hydrogen) atoms. The predicted octanol–water partition coefficient (Wildman–Crippen LogP) is 0.445. The molecule has 0 unspecified atom stereocenters. The van der Waals surface area contributed by atoms with Gasteiger partial charge in [0.1, 0.15) is 0 Å². The standard InChI is InChI=1S/C10H15N3O2/c14-9(8-5-12-13-6-8)11-7-10(15)3-1-2-4-10/h5-6,15H,1-4,7H2,(H,11,14)(H,12,13). The van der Waals surface area contributed by atoms with Crippen molar-refractivity contribution in [1.29, 1.82) is 0 Å². The third-order valence-electron chi connectivity index (χ3n) is 2.87. The number of nitrogens with zero attached hydrogens (tertiary/aromatic N) is 1. The number of carbonyl (C=O) groups excluding carboxylic acids is 1. The van der Waals surface area contributed by atoms with Gasteiger partial charge >= 0.3 is 0 Å². The Bertz CT molecular complexity index is 328. The van der Waals surface area contributed by atoms with Crippen molar-refractivity contribution in [2.75, 3.05) is 6.54 Å². The van der Waals surface area contributed by atoms with Gasteiger partial charge in [0.05, 0.1) is 17.4 Å². The van der Waals surface area contributed by atoms with Crippen molar-refractivity contribution >= 4 is 5.91 Å². The molecule has 5 nitrogen and oxygen atoms in total. The van der Waals surface area contributed by atoms with Crippen LogP contribution in [0.4, 0.5) is 0 Å². The summed E-state index contributed by atoms with van der Waals surface area (Å²) in [6, 6.07) is 0. The second-order valence-electron chi connectivity index (χ2n) is 4.10. The summed E-state index contributed by atoms with van der Waals surface area (Å²) in [6.07, 6.45) is 6.63. The lowest BCUT2D eigenvalue weighted by atomic mass is 10.0. The minimum absolute atomic E-state index is 0.191.